The molecule has 1 amide bonds. The van der Waals surface area contributed by atoms with E-state index in [-0.39, 0.29) is 24.0 Å². The maximum atomic E-state index is 11.6. The first kappa shape index (κ1) is 14.1. The van der Waals surface area contributed by atoms with Crippen molar-refractivity contribution in [3.8, 4) is 11.5 Å². The number of nitro benzene ring substituents is 1. The highest BCUT2D eigenvalue weighted by molar-refractivity contribution is 5.77. The third kappa shape index (κ3) is 3.84. The summed E-state index contributed by atoms with van der Waals surface area (Å²) in [5.41, 5.74) is -0.112. The molecule has 7 nitrogen and oxygen atoms in total. The summed E-state index contributed by atoms with van der Waals surface area (Å²) in [6.07, 6.45) is 2.31. The van der Waals surface area contributed by atoms with Crippen molar-refractivity contribution < 1.29 is 19.2 Å². The lowest BCUT2D eigenvalue weighted by molar-refractivity contribution is -0.385. The van der Waals surface area contributed by atoms with Crippen LogP contribution in [0.3, 0.4) is 0 Å². The predicted molar refractivity (Wildman–Crippen MR) is 70.9 cm³/mol. The van der Waals surface area contributed by atoms with Gasteiger partial charge in [0.05, 0.1) is 18.1 Å². The molecule has 0 spiro atoms. The summed E-state index contributed by atoms with van der Waals surface area (Å²) in [5.74, 6) is 0.880. The zero-order chi connectivity index (χ0) is 14.5. The summed E-state index contributed by atoms with van der Waals surface area (Å²) in [7, 11) is 1.43. The van der Waals surface area contributed by atoms with Crippen molar-refractivity contribution in [1.82, 2.24) is 5.32 Å². The highest BCUT2D eigenvalue weighted by Crippen LogP contribution is 2.31. The molecule has 0 atom stereocenters. The van der Waals surface area contributed by atoms with E-state index in [1.54, 1.807) is 0 Å². The van der Waals surface area contributed by atoms with Gasteiger partial charge in [0, 0.05) is 12.6 Å². The number of rotatable bonds is 7. The van der Waals surface area contributed by atoms with Crippen molar-refractivity contribution in [2.75, 3.05) is 20.3 Å². The molecule has 0 bridgehead atoms. The second-order valence-electron chi connectivity index (χ2n) is 4.63. The topological polar surface area (TPSA) is 90.7 Å². The number of non-ortho nitro benzene ring substituents is 1. The fourth-order valence-corrected chi connectivity index (χ4v) is 1.67. The van der Waals surface area contributed by atoms with Crippen LogP contribution < -0.4 is 14.8 Å². The predicted octanol–water partition coefficient (Wildman–Crippen LogP) is 1.51. The molecule has 1 saturated carbocycles. The fraction of sp³-hybridized carbons (Fsp3) is 0.462. The van der Waals surface area contributed by atoms with E-state index in [4.69, 9.17) is 9.47 Å². The number of hydrogen-bond acceptors (Lipinski definition) is 5. The molecular weight excluding hydrogens is 264 g/mol. The standard InChI is InChI=1S/C13H16N2O5/c1-19-11-5-4-10(15(17)18)6-12(11)20-8-13(16)14-7-9-2-3-9/h4-6,9H,2-3,7-8H2,1H3,(H,14,16). The second kappa shape index (κ2) is 6.23. The van der Waals surface area contributed by atoms with E-state index in [2.05, 4.69) is 5.32 Å². The molecule has 0 aliphatic heterocycles. The maximum absolute atomic E-state index is 11.6. The molecular formula is C13H16N2O5. The SMILES string of the molecule is COc1ccc([N+](=O)[O-])cc1OCC(=O)NCC1CC1. The minimum Gasteiger partial charge on any atom is -0.493 e. The molecule has 0 heterocycles. The Morgan fingerprint density at radius 3 is 2.80 bits per heavy atom. The summed E-state index contributed by atoms with van der Waals surface area (Å²) in [6.45, 7) is 0.471. The summed E-state index contributed by atoms with van der Waals surface area (Å²) in [4.78, 5) is 21.7. The minimum atomic E-state index is -0.528. The van der Waals surface area contributed by atoms with Crippen LogP contribution >= 0.6 is 0 Å². The zero-order valence-corrected chi connectivity index (χ0v) is 11.1. The van der Waals surface area contributed by atoms with E-state index >= 15 is 0 Å². The quantitative estimate of drug-likeness (QED) is 0.604. The van der Waals surface area contributed by atoms with Crippen LogP contribution in [0.1, 0.15) is 12.8 Å². The van der Waals surface area contributed by atoms with Gasteiger partial charge in [-0.15, -0.1) is 0 Å². The van der Waals surface area contributed by atoms with Crippen LogP contribution in [0.25, 0.3) is 0 Å². The van der Waals surface area contributed by atoms with Crippen molar-refractivity contribution in [2.45, 2.75) is 12.8 Å². The Hall–Kier alpha value is -2.31. The van der Waals surface area contributed by atoms with Crippen LogP contribution in [-0.2, 0) is 4.79 Å². The summed E-state index contributed by atoms with van der Waals surface area (Å²) < 4.78 is 10.3. The molecule has 1 aromatic carbocycles. The van der Waals surface area contributed by atoms with Gasteiger partial charge in [-0.3, -0.25) is 14.9 Å². The number of hydrogen-bond donors (Lipinski definition) is 1. The lowest BCUT2D eigenvalue weighted by Gasteiger charge is -2.10. The molecule has 1 aliphatic rings. The Balaban J connectivity index is 1.93. The average Bonchev–Trinajstić information content (AvgIpc) is 3.26. The molecule has 1 N–H and O–H groups in total. The number of carbonyl (C=O) groups excluding carboxylic acids is 1. The Labute approximate surface area is 116 Å². The summed E-state index contributed by atoms with van der Waals surface area (Å²) >= 11 is 0. The van der Waals surface area contributed by atoms with E-state index < -0.39 is 4.92 Å². The number of carbonyl (C=O) groups is 1. The molecule has 0 saturated heterocycles. The molecule has 7 heteroatoms. The number of nitrogens with zero attached hydrogens (tertiary/aromatic N) is 1. The fourth-order valence-electron chi connectivity index (χ4n) is 1.67. The average molecular weight is 280 g/mol. The van der Waals surface area contributed by atoms with E-state index in [9.17, 15) is 14.9 Å². The lowest BCUT2D eigenvalue weighted by atomic mass is 10.3. The van der Waals surface area contributed by atoms with Crippen LogP contribution in [-0.4, -0.2) is 31.1 Å². The van der Waals surface area contributed by atoms with E-state index in [0.29, 0.717) is 18.2 Å². The van der Waals surface area contributed by atoms with E-state index in [0.717, 1.165) is 12.8 Å². The lowest BCUT2D eigenvalue weighted by Crippen LogP contribution is -2.30. The number of amides is 1. The largest absolute Gasteiger partial charge is 0.493 e. The van der Waals surface area contributed by atoms with Crippen LogP contribution in [0.5, 0.6) is 11.5 Å². The van der Waals surface area contributed by atoms with Crippen LogP contribution in [0.15, 0.2) is 18.2 Å². The molecule has 108 valence electrons. The summed E-state index contributed by atoms with van der Waals surface area (Å²) in [5, 5.41) is 13.5. The number of methoxy groups -OCH3 is 1. The van der Waals surface area contributed by atoms with Crippen LogP contribution in [0.2, 0.25) is 0 Å². The van der Waals surface area contributed by atoms with Gasteiger partial charge in [-0.1, -0.05) is 0 Å². The summed E-state index contributed by atoms with van der Waals surface area (Å²) in [6, 6.07) is 4.00. The minimum absolute atomic E-state index is 0.112. The van der Waals surface area contributed by atoms with Crippen molar-refractivity contribution in [1.29, 1.82) is 0 Å². The normalized spacial score (nSPS) is 13.7. The maximum Gasteiger partial charge on any atom is 0.273 e. The van der Waals surface area contributed by atoms with Gasteiger partial charge in [0.2, 0.25) is 0 Å². The number of ether oxygens (including phenoxy) is 2. The molecule has 1 aromatic rings. The Bertz CT molecular complexity index is 513. The van der Waals surface area contributed by atoms with Gasteiger partial charge < -0.3 is 14.8 Å². The highest BCUT2D eigenvalue weighted by atomic mass is 16.6. The van der Waals surface area contributed by atoms with Gasteiger partial charge >= 0.3 is 0 Å². The van der Waals surface area contributed by atoms with E-state index in [1.807, 2.05) is 0 Å². The van der Waals surface area contributed by atoms with Crippen molar-refractivity contribution in [3.63, 3.8) is 0 Å². The third-order valence-corrected chi connectivity index (χ3v) is 3.00. The van der Waals surface area contributed by atoms with Crippen molar-refractivity contribution >= 4 is 11.6 Å². The van der Waals surface area contributed by atoms with Crippen molar-refractivity contribution in [3.05, 3.63) is 28.3 Å². The zero-order valence-electron chi connectivity index (χ0n) is 11.1. The smallest absolute Gasteiger partial charge is 0.273 e. The monoisotopic (exact) mass is 280 g/mol. The Morgan fingerprint density at radius 2 is 2.20 bits per heavy atom. The third-order valence-electron chi connectivity index (χ3n) is 3.00. The van der Waals surface area contributed by atoms with E-state index in [1.165, 1.54) is 25.3 Å². The number of nitro groups is 1. The first-order valence-electron chi connectivity index (χ1n) is 6.32. The van der Waals surface area contributed by atoms with Crippen molar-refractivity contribution in [2.24, 2.45) is 5.92 Å². The first-order valence-corrected chi connectivity index (χ1v) is 6.32. The molecule has 1 fully saturated rings. The molecule has 2 rings (SSSR count). The van der Waals surface area contributed by atoms with Gasteiger partial charge in [0.1, 0.15) is 0 Å². The molecule has 0 unspecified atom stereocenters. The Kier molecular flexibility index (Phi) is 4.39. The van der Waals surface area contributed by atoms with Gasteiger partial charge in [-0.05, 0) is 24.8 Å². The molecule has 20 heavy (non-hydrogen) atoms. The first-order chi connectivity index (χ1) is 9.60. The van der Waals surface area contributed by atoms with Gasteiger partial charge in [0.25, 0.3) is 11.6 Å². The highest BCUT2D eigenvalue weighted by Gasteiger charge is 2.21. The van der Waals surface area contributed by atoms with Crippen LogP contribution in [0, 0.1) is 16.0 Å². The molecule has 0 aromatic heterocycles. The molecule has 0 radical (unpaired) electrons. The Morgan fingerprint density at radius 1 is 1.45 bits per heavy atom. The van der Waals surface area contributed by atoms with Gasteiger partial charge in [-0.2, -0.15) is 0 Å². The number of nitrogens with one attached hydrogen (secondary N) is 1. The molecule has 1 aliphatic carbocycles. The number of benzene rings is 1. The van der Waals surface area contributed by atoms with Crippen LogP contribution in [0.4, 0.5) is 5.69 Å². The van der Waals surface area contributed by atoms with Gasteiger partial charge in [0.15, 0.2) is 18.1 Å². The second-order valence-corrected chi connectivity index (χ2v) is 4.63. The van der Waals surface area contributed by atoms with Gasteiger partial charge in [-0.25, -0.2) is 0 Å².